The minimum Gasteiger partial charge on any atom is -0.493 e. The molecule has 1 atom stereocenters. The summed E-state index contributed by atoms with van der Waals surface area (Å²) in [4.78, 5) is 35.5. The summed E-state index contributed by atoms with van der Waals surface area (Å²) in [5.74, 6) is -0.632. The van der Waals surface area contributed by atoms with Crippen molar-refractivity contribution >= 4 is 35.0 Å². The molecule has 182 valence electrons. The molecule has 0 aliphatic carbocycles. The van der Waals surface area contributed by atoms with Crippen LogP contribution < -0.4 is 20.7 Å². The van der Waals surface area contributed by atoms with Crippen molar-refractivity contribution in [3.05, 3.63) is 83.9 Å². The first kappa shape index (κ1) is 25.3. The normalized spacial score (nSPS) is 11.3. The Morgan fingerprint density at radius 1 is 0.886 bits per heavy atom. The molecule has 8 nitrogen and oxygen atoms in total. The van der Waals surface area contributed by atoms with E-state index in [0.29, 0.717) is 17.1 Å². The molecule has 0 fully saturated rings. The highest BCUT2D eigenvalue weighted by Crippen LogP contribution is 2.19. The summed E-state index contributed by atoms with van der Waals surface area (Å²) < 4.78 is 5.64. The number of carbonyl (C=O) groups excluding carboxylic acids is 2. The number of urea groups is 1. The highest BCUT2D eigenvalue weighted by molar-refractivity contribution is 6.00. The monoisotopic (exact) mass is 475 g/mol. The quantitative estimate of drug-likeness (QED) is 0.317. The summed E-state index contributed by atoms with van der Waals surface area (Å²) in [6.07, 6.45) is 0.193. The van der Waals surface area contributed by atoms with Crippen molar-refractivity contribution in [3.63, 3.8) is 0 Å². The molecule has 0 radical (unpaired) electrons. The molecule has 0 aliphatic rings. The van der Waals surface area contributed by atoms with Crippen LogP contribution >= 0.6 is 0 Å². The lowest BCUT2D eigenvalue weighted by Gasteiger charge is -2.12. The molecule has 0 saturated carbocycles. The molecule has 8 heteroatoms. The Hall–Kier alpha value is -4.33. The average Bonchev–Trinajstić information content (AvgIpc) is 2.80. The average molecular weight is 476 g/mol. The number of rotatable bonds is 10. The Morgan fingerprint density at radius 3 is 2.34 bits per heavy atom. The van der Waals surface area contributed by atoms with Crippen molar-refractivity contribution in [1.82, 2.24) is 0 Å². The van der Waals surface area contributed by atoms with Crippen LogP contribution in [0.3, 0.4) is 0 Å². The van der Waals surface area contributed by atoms with Crippen LogP contribution in [-0.4, -0.2) is 29.6 Å². The first-order valence-electron chi connectivity index (χ1n) is 11.3. The fourth-order valence-corrected chi connectivity index (χ4v) is 3.35. The number of para-hydroxylation sites is 1. The minimum absolute atomic E-state index is 0.0299. The maximum absolute atomic E-state index is 12.5. The van der Waals surface area contributed by atoms with E-state index in [-0.39, 0.29) is 37.3 Å². The zero-order chi connectivity index (χ0) is 25.2. The van der Waals surface area contributed by atoms with Gasteiger partial charge in [0.1, 0.15) is 5.75 Å². The van der Waals surface area contributed by atoms with Gasteiger partial charge >= 0.3 is 12.0 Å². The van der Waals surface area contributed by atoms with E-state index in [1.54, 1.807) is 55.5 Å². The van der Waals surface area contributed by atoms with E-state index < -0.39 is 5.97 Å². The van der Waals surface area contributed by atoms with Crippen LogP contribution in [0.1, 0.15) is 24.5 Å². The molecule has 0 heterocycles. The molecule has 0 spiro atoms. The number of anilines is 3. The number of nitrogens with one attached hydrogen (secondary N) is 3. The van der Waals surface area contributed by atoms with E-state index >= 15 is 0 Å². The van der Waals surface area contributed by atoms with E-state index in [4.69, 9.17) is 9.84 Å². The van der Waals surface area contributed by atoms with Crippen molar-refractivity contribution in [2.24, 2.45) is 5.92 Å². The molecule has 0 unspecified atom stereocenters. The summed E-state index contributed by atoms with van der Waals surface area (Å²) >= 11 is 0. The largest absolute Gasteiger partial charge is 0.493 e. The fourth-order valence-electron chi connectivity index (χ4n) is 3.35. The van der Waals surface area contributed by atoms with Gasteiger partial charge in [0.05, 0.1) is 19.4 Å². The molecule has 4 N–H and O–H groups in total. The van der Waals surface area contributed by atoms with E-state index in [9.17, 15) is 14.4 Å². The number of ether oxygens (including phenoxy) is 1. The van der Waals surface area contributed by atoms with Gasteiger partial charge in [0.25, 0.3) is 0 Å². The molecule has 3 aromatic rings. The van der Waals surface area contributed by atoms with E-state index in [1.807, 2.05) is 31.2 Å². The van der Waals surface area contributed by atoms with Crippen LogP contribution in [0.4, 0.5) is 21.9 Å². The van der Waals surface area contributed by atoms with Gasteiger partial charge in [-0.15, -0.1) is 0 Å². The van der Waals surface area contributed by atoms with Crippen molar-refractivity contribution < 1.29 is 24.2 Å². The van der Waals surface area contributed by atoms with Crippen LogP contribution in [0.15, 0.2) is 72.8 Å². The lowest BCUT2D eigenvalue weighted by Crippen LogP contribution is -2.20. The summed E-state index contributed by atoms with van der Waals surface area (Å²) in [5.41, 5.74) is 3.70. The second-order valence-corrected chi connectivity index (χ2v) is 8.36. The van der Waals surface area contributed by atoms with Crippen molar-refractivity contribution in [2.75, 3.05) is 22.6 Å². The van der Waals surface area contributed by atoms with Crippen molar-refractivity contribution in [2.45, 2.75) is 26.7 Å². The zero-order valence-electron chi connectivity index (χ0n) is 19.7. The molecule has 0 aliphatic heterocycles. The first-order chi connectivity index (χ1) is 16.8. The Bertz CT molecular complexity index is 1180. The smallest absolute Gasteiger partial charge is 0.323 e. The summed E-state index contributed by atoms with van der Waals surface area (Å²) in [5, 5.41) is 17.3. The Morgan fingerprint density at radius 2 is 1.63 bits per heavy atom. The van der Waals surface area contributed by atoms with Gasteiger partial charge in [0, 0.05) is 29.0 Å². The van der Waals surface area contributed by atoms with Crippen LogP contribution in [0.5, 0.6) is 5.75 Å². The molecular formula is C27H29N3O5. The highest BCUT2D eigenvalue weighted by atomic mass is 16.5. The number of carboxylic acids is 1. The summed E-state index contributed by atoms with van der Waals surface area (Å²) in [6, 6.07) is 21.2. The lowest BCUT2D eigenvalue weighted by molar-refractivity contribution is -0.138. The van der Waals surface area contributed by atoms with Crippen molar-refractivity contribution in [3.8, 4) is 5.75 Å². The summed E-state index contributed by atoms with van der Waals surface area (Å²) in [7, 11) is 0. The third-order valence-corrected chi connectivity index (χ3v) is 5.15. The van der Waals surface area contributed by atoms with E-state index in [2.05, 4.69) is 16.0 Å². The van der Waals surface area contributed by atoms with Gasteiger partial charge < -0.3 is 25.8 Å². The number of carbonyl (C=O) groups is 3. The van der Waals surface area contributed by atoms with Gasteiger partial charge in [-0.05, 0) is 48.4 Å². The number of benzene rings is 3. The van der Waals surface area contributed by atoms with Gasteiger partial charge in [-0.25, -0.2) is 4.79 Å². The Balaban J connectivity index is 1.48. The zero-order valence-corrected chi connectivity index (χ0v) is 19.7. The second kappa shape index (κ2) is 12.2. The first-order valence-corrected chi connectivity index (χ1v) is 11.3. The second-order valence-electron chi connectivity index (χ2n) is 8.36. The number of aliphatic carboxylic acids is 1. The molecule has 3 rings (SSSR count). The number of aryl methyl sites for hydroxylation is 1. The van der Waals surface area contributed by atoms with Gasteiger partial charge in [-0.3, -0.25) is 9.59 Å². The predicted molar refractivity (Wildman–Crippen MR) is 136 cm³/mol. The van der Waals surface area contributed by atoms with Crippen LogP contribution in [0.25, 0.3) is 0 Å². The predicted octanol–water partition coefficient (Wildman–Crippen LogP) is 5.31. The van der Waals surface area contributed by atoms with Crippen LogP contribution in [0.2, 0.25) is 0 Å². The topological polar surface area (TPSA) is 117 Å². The van der Waals surface area contributed by atoms with Crippen LogP contribution in [0, 0.1) is 12.8 Å². The maximum atomic E-state index is 12.5. The van der Waals surface area contributed by atoms with Crippen molar-refractivity contribution in [1.29, 1.82) is 0 Å². The standard InChI is InChI=1S/C27H29N3O5/c1-18(14-26(32)33)17-35-23-8-5-7-22(16-23)28-25(31)15-20-10-12-21(13-11-20)29-27(34)30-24-9-4-3-6-19(24)2/h3-13,16,18H,14-15,17H2,1-2H3,(H,28,31)(H,32,33)(H2,29,30,34)/t18-/m0/s1. The molecular weight excluding hydrogens is 446 g/mol. The number of carboxylic acid groups (broad SMARTS) is 1. The molecule has 0 aromatic heterocycles. The fraction of sp³-hybridized carbons (Fsp3) is 0.222. The minimum atomic E-state index is -0.864. The molecule has 0 bridgehead atoms. The van der Waals surface area contributed by atoms with Gasteiger partial charge in [0.2, 0.25) is 5.91 Å². The molecule has 3 amide bonds. The third-order valence-electron chi connectivity index (χ3n) is 5.15. The third kappa shape index (κ3) is 8.51. The molecule has 3 aromatic carbocycles. The molecule has 0 saturated heterocycles. The van der Waals surface area contributed by atoms with Crippen LogP contribution in [-0.2, 0) is 16.0 Å². The van der Waals surface area contributed by atoms with Gasteiger partial charge in [0.15, 0.2) is 0 Å². The SMILES string of the molecule is Cc1ccccc1NC(=O)Nc1ccc(CC(=O)Nc2cccc(OC[C@@H](C)CC(=O)O)c2)cc1. The Labute approximate surface area is 204 Å². The Kier molecular flexibility index (Phi) is 8.83. The molecule has 35 heavy (non-hydrogen) atoms. The summed E-state index contributed by atoms with van der Waals surface area (Å²) in [6.45, 7) is 3.99. The highest BCUT2D eigenvalue weighted by Gasteiger charge is 2.10. The van der Waals surface area contributed by atoms with Gasteiger partial charge in [-0.1, -0.05) is 43.3 Å². The maximum Gasteiger partial charge on any atom is 0.323 e. The van der Waals surface area contributed by atoms with E-state index in [1.165, 1.54) is 0 Å². The van der Waals surface area contributed by atoms with E-state index in [0.717, 1.165) is 16.8 Å². The number of hydrogen-bond acceptors (Lipinski definition) is 4. The lowest BCUT2D eigenvalue weighted by atomic mass is 10.1. The van der Waals surface area contributed by atoms with Gasteiger partial charge in [-0.2, -0.15) is 0 Å². The number of hydrogen-bond donors (Lipinski definition) is 4. The number of amides is 3.